The molecule has 2 atom stereocenters. The van der Waals surface area contributed by atoms with Crippen LogP contribution >= 0.6 is 0 Å². The van der Waals surface area contributed by atoms with Crippen molar-refractivity contribution >= 4 is 0 Å². The van der Waals surface area contributed by atoms with Gasteiger partial charge < -0.3 is 5.11 Å². The zero-order valence-corrected chi connectivity index (χ0v) is 9.49. The van der Waals surface area contributed by atoms with Crippen LogP contribution in [0, 0.1) is 12.8 Å². The number of hydrogen-bond donors (Lipinski definition) is 1. The van der Waals surface area contributed by atoms with E-state index < -0.39 is 0 Å². The third kappa shape index (κ3) is 2.58. The SMILES string of the molecule is CCn1nc(C)cc1CC(C)C(C)O. The quantitative estimate of drug-likeness (QED) is 0.797. The van der Waals surface area contributed by atoms with Gasteiger partial charge in [0.1, 0.15) is 0 Å². The number of aliphatic hydroxyl groups is 1. The maximum atomic E-state index is 9.42. The van der Waals surface area contributed by atoms with Crippen LogP contribution in [0.15, 0.2) is 6.07 Å². The summed E-state index contributed by atoms with van der Waals surface area (Å²) < 4.78 is 2.01. The maximum Gasteiger partial charge on any atom is 0.0596 e. The number of aryl methyl sites for hydroxylation is 2. The molecule has 0 saturated heterocycles. The van der Waals surface area contributed by atoms with Crippen LogP contribution in [0.1, 0.15) is 32.2 Å². The van der Waals surface area contributed by atoms with E-state index in [9.17, 15) is 5.11 Å². The predicted octanol–water partition coefficient (Wildman–Crippen LogP) is 1.77. The van der Waals surface area contributed by atoms with Gasteiger partial charge in [0.2, 0.25) is 0 Å². The van der Waals surface area contributed by atoms with Gasteiger partial charge in [-0.1, -0.05) is 6.92 Å². The summed E-state index contributed by atoms with van der Waals surface area (Å²) in [6.07, 6.45) is 0.641. The van der Waals surface area contributed by atoms with E-state index in [1.54, 1.807) is 0 Å². The highest BCUT2D eigenvalue weighted by Gasteiger charge is 2.13. The Labute approximate surface area is 85.8 Å². The molecule has 1 N–H and O–H groups in total. The van der Waals surface area contributed by atoms with Crippen LogP contribution in [0.2, 0.25) is 0 Å². The lowest BCUT2D eigenvalue weighted by Gasteiger charge is -2.14. The summed E-state index contributed by atoms with van der Waals surface area (Å²) in [5.74, 6) is 0.288. The molecule has 14 heavy (non-hydrogen) atoms. The Morgan fingerprint density at radius 1 is 1.50 bits per heavy atom. The molecule has 1 aromatic rings. The molecule has 0 radical (unpaired) electrons. The number of aromatic nitrogens is 2. The van der Waals surface area contributed by atoms with E-state index in [1.165, 1.54) is 5.69 Å². The molecule has 0 aliphatic rings. The average Bonchev–Trinajstić information content (AvgIpc) is 2.45. The first kappa shape index (κ1) is 11.2. The molecule has 0 amide bonds. The molecule has 3 nitrogen and oxygen atoms in total. The van der Waals surface area contributed by atoms with E-state index >= 15 is 0 Å². The van der Waals surface area contributed by atoms with Crippen molar-refractivity contribution in [2.75, 3.05) is 0 Å². The third-order valence-corrected chi connectivity index (χ3v) is 2.64. The molecular weight excluding hydrogens is 176 g/mol. The molecule has 2 unspecified atom stereocenters. The van der Waals surface area contributed by atoms with Crippen molar-refractivity contribution in [3.05, 3.63) is 17.5 Å². The number of rotatable bonds is 4. The largest absolute Gasteiger partial charge is 0.393 e. The topological polar surface area (TPSA) is 38.0 Å². The van der Waals surface area contributed by atoms with Crippen LogP contribution in [0.4, 0.5) is 0 Å². The van der Waals surface area contributed by atoms with Crippen LogP contribution in [0.5, 0.6) is 0 Å². The van der Waals surface area contributed by atoms with Gasteiger partial charge in [-0.15, -0.1) is 0 Å². The minimum absolute atomic E-state index is 0.254. The summed E-state index contributed by atoms with van der Waals surface area (Å²) in [5, 5.41) is 13.8. The molecule has 1 heterocycles. The summed E-state index contributed by atoms with van der Waals surface area (Å²) in [6.45, 7) is 8.89. The monoisotopic (exact) mass is 196 g/mol. The Hall–Kier alpha value is -0.830. The minimum atomic E-state index is -0.254. The van der Waals surface area contributed by atoms with Crippen molar-refractivity contribution in [2.24, 2.45) is 5.92 Å². The van der Waals surface area contributed by atoms with Crippen molar-refractivity contribution in [3.63, 3.8) is 0 Å². The van der Waals surface area contributed by atoms with Crippen LogP contribution in [0.25, 0.3) is 0 Å². The molecule has 0 aliphatic carbocycles. The van der Waals surface area contributed by atoms with Gasteiger partial charge >= 0.3 is 0 Å². The lowest BCUT2D eigenvalue weighted by Crippen LogP contribution is -2.17. The number of aliphatic hydroxyl groups excluding tert-OH is 1. The Morgan fingerprint density at radius 3 is 2.64 bits per heavy atom. The summed E-state index contributed by atoms with van der Waals surface area (Å²) in [5.41, 5.74) is 2.28. The minimum Gasteiger partial charge on any atom is -0.393 e. The number of hydrogen-bond acceptors (Lipinski definition) is 2. The number of nitrogens with zero attached hydrogens (tertiary/aromatic N) is 2. The highest BCUT2D eigenvalue weighted by Crippen LogP contribution is 2.13. The van der Waals surface area contributed by atoms with Gasteiger partial charge in [0.15, 0.2) is 0 Å². The normalized spacial score (nSPS) is 15.5. The van der Waals surface area contributed by atoms with E-state index in [0.717, 1.165) is 18.7 Å². The van der Waals surface area contributed by atoms with Gasteiger partial charge in [0, 0.05) is 12.2 Å². The highest BCUT2D eigenvalue weighted by molar-refractivity contribution is 5.09. The van der Waals surface area contributed by atoms with Crippen LogP contribution in [-0.4, -0.2) is 21.0 Å². The predicted molar refractivity (Wildman–Crippen MR) is 57.2 cm³/mol. The van der Waals surface area contributed by atoms with Crippen molar-refractivity contribution in [1.82, 2.24) is 9.78 Å². The van der Waals surface area contributed by atoms with E-state index in [4.69, 9.17) is 0 Å². The smallest absolute Gasteiger partial charge is 0.0596 e. The van der Waals surface area contributed by atoms with Crippen LogP contribution in [-0.2, 0) is 13.0 Å². The zero-order valence-electron chi connectivity index (χ0n) is 9.49. The molecule has 0 spiro atoms. The molecule has 80 valence electrons. The van der Waals surface area contributed by atoms with Gasteiger partial charge in [-0.2, -0.15) is 5.10 Å². The molecular formula is C11H20N2O. The second-order valence-electron chi connectivity index (χ2n) is 4.01. The molecule has 1 aromatic heterocycles. The Bertz CT molecular complexity index is 291. The first-order valence-electron chi connectivity index (χ1n) is 5.26. The zero-order chi connectivity index (χ0) is 10.7. The molecule has 0 saturated carbocycles. The second kappa shape index (κ2) is 4.60. The molecule has 3 heteroatoms. The molecule has 0 aliphatic heterocycles. The van der Waals surface area contributed by atoms with E-state index in [2.05, 4.69) is 25.0 Å². The van der Waals surface area contributed by atoms with Gasteiger partial charge in [-0.05, 0) is 39.2 Å². The lowest BCUT2D eigenvalue weighted by molar-refractivity contribution is 0.134. The first-order valence-corrected chi connectivity index (χ1v) is 5.26. The summed E-state index contributed by atoms with van der Waals surface area (Å²) in [6, 6.07) is 2.10. The van der Waals surface area contributed by atoms with Crippen LogP contribution in [0.3, 0.4) is 0 Å². The fraction of sp³-hybridized carbons (Fsp3) is 0.727. The summed E-state index contributed by atoms with van der Waals surface area (Å²) in [4.78, 5) is 0. The van der Waals surface area contributed by atoms with Gasteiger partial charge in [0.25, 0.3) is 0 Å². The fourth-order valence-corrected chi connectivity index (χ4v) is 1.54. The lowest BCUT2D eigenvalue weighted by atomic mass is 10.00. The second-order valence-corrected chi connectivity index (χ2v) is 4.01. The van der Waals surface area contributed by atoms with Gasteiger partial charge in [-0.25, -0.2) is 0 Å². The molecule has 0 fully saturated rings. The average molecular weight is 196 g/mol. The van der Waals surface area contributed by atoms with E-state index in [0.29, 0.717) is 0 Å². The molecule has 0 aromatic carbocycles. The first-order chi connectivity index (χ1) is 6.54. The Morgan fingerprint density at radius 2 is 2.14 bits per heavy atom. The maximum absolute atomic E-state index is 9.42. The standard InChI is InChI=1S/C11H20N2O/c1-5-13-11(7-9(3)12-13)6-8(2)10(4)14/h7-8,10,14H,5-6H2,1-4H3. The fourth-order valence-electron chi connectivity index (χ4n) is 1.54. The molecule has 1 rings (SSSR count). The Kier molecular flexibility index (Phi) is 3.69. The summed E-state index contributed by atoms with van der Waals surface area (Å²) in [7, 11) is 0. The van der Waals surface area contributed by atoms with E-state index in [1.807, 2.05) is 18.5 Å². The van der Waals surface area contributed by atoms with Crippen LogP contribution < -0.4 is 0 Å². The van der Waals surface area contributed by atoms with Crippen molar-refractivity contribution < 1.29 is 5.11 Å². The van der Waals surface area contributed by atoms with Gasteiger partial charge in [0.05, 0.1) is 11.8 Å². The molecule has 0 bridgehead atoms. The van der Waals surface area contributed by atoms with Crippen molar-refractivity contribution in [3.8, 4) is 0 Å². The third-order valence-electron chi connectivity index (χ3n) is 2.64. The highest BCUT2D eigenvalue weighted by atomic mass is 16.3. The van der Waals surface area contributed by atoms with Crippen molar-refractivity contribution in [1.29, 1.82) is 0 Å². The Balaban J connectivity index is 2.74. The van der Waals surface area contributed by atoms with E-state index in [-0.39, 0.29) is 12.0 Å². The summed E-state index contributed by atoms with van der Waals surface area (Å²) >= 11 is 0. The van der Waals surface area contributed by atoms with Gasteiger partial charge in [-0.3, -0.25) is 4.68 Å². The van der Waals surface area contributed by atoms with Crippen molar-refractivity contribution in [2.45, 2.75) is 46.8 Å².